The summed E-state index contributed by atoms with van der Waals surface area (Å²) in [7, 11) is -3.43. The van der Waals surface area contributed by atoms with Gasteiger partial charge in [-0.15, -0.1) is 10.2 Å². The maximum Gasteiger partial charge on any atom is 0.255 e. The molecule has 0 aliphatic rings. The summed E-state index contributed by atoms with van der Waals surface area (Å²) in [5, 5.41) is 10.0. The Bertz CT molecular complexity index is 1100. The Hall–Kier alpha value is -3.20. The number of hydrogen-bond donors (Lipinski definition) is 1. The van der Waals surface area contributed by atoms with Crippen LogP contribution in [-0.4, -0.2) is 30.8 Å². The highest BCUT2D eigenvalue weighted by Gasteiger charge is 2.12. The van der Waals surface area contributed by atoms with Gasteiger partial charge >= 0.3 is 0 Å². The standard InChI is InChI=1S/C18H13F2N3O3S/c1-27(25,26)17-9-8-16(22-23-17)11-2-5-13(6-3-11)21-18(24)12-4-7-14(19)15(20)10-12/h2-10H,1H3,(H,21,24). The smallest absolute Gasteiger partial charge is 0.255 e. The van der Waals surface area contributed by atoms with Gasteiger partial charge < -0.3 is 5.32 Å². The number of carbonyl (C=O) groups excluding carboxylic acids is 1. The molecule has 9 heteroatoms. The number of rotatable bonds is 4. The molecule has 0 unspecified atom stereocenters. The second-order valence-corrected chi connectivity index (χ2v) is 7.65. The van der Waals surface area contributed by atoms with Crippen LogP contribution in [0, 0.1) is 11.6 Å². The Kier molecular flexibility index (Phi) is 4.95. The molecule has 3 aromatic rings. The Labute approximate surface area is 153 Å². The molecule has 0 atom stereocenters. The summed E-state index contributed by atoms with van der Waals surface area (Å²) in [6.45, 7) is 0. The molecule has 0 bridgehead atoms. The first-order chi connectivity index (χ1) is 12.7. The molecule has 1 N–H and O–H groups in total. The number of benzene rings is 2. The SMILES string of the molecule is CS(=O)(=O)c1ccc(-c2ccc(NC(=O)c3ccc(F)c(F)c3)cc2)nn1. The third-order valence-electron chi connectivity index (χ3n) is 3.64. The Morgan fingerprint density at radius 1 is 0.926 bits per heavy atom. The topological polar surface area (TPSA) is 89.0 Å². The number of aromatic nitrogens is 2. The van der Waals surface area contributed by atoms with Crippen LogP contribution in [0.3, 0.4) is 0 Å². The summed E-state index contributed by atoms with van der Waals surface area (Å²) >= 11 is 0. The average Bonchev–Trinajstić information content (AvgIpc) is 2.64. The molecular formula is C18H13F2N3O3S. The van der Waals surface area contributed by atoms with Crippen LogP contribution in [0.1, 0.15) is 10.4 Å². The molecule has 3 rings (SSSR count). The van der Waals surface area contributed by atoms with Gasteiger partial charge in [-0.2, -0.15) is 0 Å². The maximum absolute atomic E-state index is 13.2. The van der Waals surface area contributed by atoms with E-state index in [0.29, 0.717) is 16.9 Å². The summed E-state index contributed by atoms with van der Waals surface area (Å²) in [5.74, 6) is -2.72. The lowest BCUT2D eigenvalue weighted by atomic mass is 10.1. The van der Waals surface area contributed by atoms with E-state index in [1.807, 2.05) is 0 Å². The molecule has 1 amide bonds. The number of anilines is 1. The molecule has 1 heterocycles. The second kappa shape index (κ2) is 7.20. The normalized spacial score (nSPS) is 11.2. The first-order valence-corrected chi connectivity index (χ1v) is 9.54. The van der Waals surface area contributed by atoms with E-state index in [1.54, 1.807) is 24.3 Å². The molecule has 0 aliphatic heterocycles. The molecule has 2 aromatic carbocycles. The van der Waals surface area contributed by atoms with Gasteiger partial charge in [0, 0.05) is 23.1 Å². The van der Waals surface area contributed by atoms with Crippen LogP contribution in [0.25, 0.3) is 11.3 Å². The highest BCUT2D eigenvalue weighted by molar-refractivity contribution is 7.90. The van der Waals surface area contributed by atoms with E-state index in [1.165, 1.54) is 18.2 Å². The van der Waals surface area contributed by atoms with E-state index < -0.39 is 27.4 Å². The number of nitrogens with one attached hydrogen (secondary N) is 1. The van der Waals surface area contributed by atoms with Crippen LogP contribution in [0.15, 0.2) is 59.6 Å². The minimum Gasteiger partial charge on any atom is -0.322 e. The number of nitrogens with zero attached hydrogens (tertiary/aromatic N) is 2. The highest BCUT2D eigenvalue weighted by Crippen LogP contribution is 2.20. The molecule has 0 saturated heterocycles. The Balaban J connectivity index is 1.75. The molecule has 0 fully saturated rings. The van der Waals surface area contributed by atoms with Gasteiger partial charge in [0.1, 0.15) is 0 Å². The molecule has 138 valence electrons. The van der Waals surface area contributed by atoms with E-state index in [2.05, 4.69) is 15.5 Å². The van der Waals surface area contributed by atoms with Crippen molar-refractivity contribution in [3.05, 3.63) is 71.8 Å². The quantitative estimate of drug-likeness (QED) is 0.741. The molecular weight excluding hydrogens is 376 g/mol. The van der Waals surface area contributed by atoms with Crippen molar-refractivity contribution < 1.29 is 22.0 Å². The van der Waals surface area contributed by atoms with Crippen molar-refractivity contribution in [1.29, 1.82) is 0 Å². The molecule has 1 aromatic heterocycles. The predicted octanol–water partition coefficient (Wildman–Crippen LogP) is 3.08. The van der Waals surface area contributed by atoms with Crippen molar-refractivity contribution in [2.45, 2.75) is 5.03 Å². The van der Waals surface area contributed by atoms with Crippen LogP contribution in [0.4, 0.5) is 14.5 Å². The van der Waals surface area contributed by atoms with Crippen molar-refractivity contribution in [3.63, 3.8) is 0 Å². The fourth-order valence-corrected chi connectivity index (χ4v) is 2.74. The number of carbonyl (C=O) groups is 1. The van der Waals surface area contributed by atoms with E-state index >= 15 is 0 Å². The second-order valence-electron chi connectivity index (χ2n) is 5.69. The van der Waals surface area contributed by atoms with Gasteiger partial charge in [0.15, 0.2) is 26.5 Å². The number of hydrogen-bond acceptors (Lipinski definition) is 5. The zero-order valence-electron chi connectivity index (χ0n) is 14.0. The number of amides is 1. The van der Waals surface area contributed by atoms with Crippen LogP contribution in [0.5, 0.6) is 0 Å². The molecule has 6 nitrogen and oxygen atoms in total. The van der Waals surface area contributed by atoms with Crippen molar-refractivity contribution in [2.75, 3.05) is 11.6 Å². The summed E-state index contributed by atoms with van der Waals surface area (Å²) in [6.07, 6.45) is 1.04. The minimum atomic E-state index is -3.43. The Morgan fingerprint density at radius 2 is 1.63 bits per heavy atom. The third kappa shape index (κ3) is 4.32. The first-order valence-electron chi connectivity index (χ1n) is 7.65. The van der Waals surface area contributed by atoms with Crippen LogP contribution < -0.4 is 5.32 Å². The molecule has 0 radical (unpaired) electrons. The fourth-order valence-electron chi connectivity index (χ4n) is 2.24. The lowest BCUT2D eigenvalue weighted by molar-refractivity contribution is 0.102. The molecule has 27 heavy (non-hydrogen) atoms. The van der Waals surface area contributed by atoms with Gasteiger partial charge in [-0.05, 0) is 42.5 Å². The van der Waals surface area contributed by atoms with Crippen molar-refractivity contribution in [3.8, 4) is 11.3 Å². The molecule has 0 spiro atoms. The summed E-state index contributed by atoms with van der Waals surface area (Å²) < 4.78 is 48.9. The lowest BCUT2D eigenvalue weighted by Gasteiger charge is -2.07. The number of halogens is 2. The summed E-state index contributed by atoms with van der Waals surface area (Å²) in [6, 6.07) is 12.3. The largest absolute Gasteiger partial charge is 0.322 e. The van der Waals surface area contributed by atoms with E-state index in [-0.39, 0.29) is 10.6 Å². The number of sulfone groups is 1. The van der Waals surface area contributed by atoms with Gasteiger partial charge in [-0.1, -0.05) is 12.1 Å². The maximum atomic E-state index is 13.2. The van der Waals surface area contributed by atoms with Gasteiger partial charge in [-0.25, -0.2) is 17.2 Å². The third-order valence-corrected chi connectivity index (χ3v) is 4.62. The van der Waals surface area contributed by atoms with Gasteiger partial charge in [0.25, 0.3) is 5.91 Å². The summed E-state index contributed by atoms with van der Waals surface area (Å²) in [4.78, 5) is 12.1. The average molecular weight is 389 g/mol. The van der Waals surface area contributed by atoms with Gasteiger partial charge in [0.2, 0.25) is 0 Å². The zero-order chi connectivity index (χ0) is 19.6. The highest BCUT2D eigenvalue weighted by atomic mass is 32.2. The summed E-state index contributed by atoms with van der Waals surface area (Å²) in [5.41, 5.74) is 1.55. The fraction of sp³-hybridized carbons (Fsp3) is 0.0556. The van der Waals surface area contributed by atoms with Crippen molar-refractivity contribution in [1.82, 2.24) is 10.2 Å². The van der Waals surface area contributed by atoms with Crippen LogP contribution >= 0.6 is 0 Å². The van der Waals surface area contributed by atoms with Gasteiger partial charge in [-0.3, -0.25) is 4.79 Å². The van der Waals surface area contributed by atoms with E-state index in [4.69, 9.17) is 0 Å². The van der Waals surface area contributed by atoms with E-state index in [0.717, 1.165) is 18.4 Å². The zero-order valence-corrected chi connectivity index (χ0v) is 14.8. The molecule has 0 saturated carbocycles. The Morgan fingerprint density at radius 3 is 2.19 bits per heavy atom. The molecule has 0 aliphatic carbocycles. The first kappa shape index (κ1) is 18.6. The lowest BCUT2D eigenvalue weighted by Crippen LogP contribution is -2.12. The van der Waals surface area contributed by atoms with Gasteiger partial charge in [0.05, 0.1) is 5.69 Å². The van der Waals surface area contributed by atoms with Crippen molar-refractivity contribution >= 4 is 21.4 Å². The van der Waals surface area contributed by atoms with Crippen molar-refractivity contribution in [2.24, 2.45) is 0 Å². The van der Waals surface area contributed by atoms with E-state index in [9.17, 15) is 22.0 Å². The minimum absolute atomic E-state index is 0.0137. The predicted molar refractivity (Wildman–Crippen MR) is 94.9 cm³/mol. The van der Waals surface area contributed by atoms with Crippen LogP contribution in [0.2, 0.25) is 0 Å². The van der Waals surface area contributed by atoms with Crippen LogP contribution in [-0.2, 0) is 9.84 Å². The monoisotopic (exact) mass is 389 g/mol.